The summed E-state index contributed by atoms with van der Waals surface area (Å²) < 4.78 is 10.5. The molecule has 26 heavy (non-hydrogen) atoms. The molecule has 2 amide bonds. The molecule has 1 fully saturated rings. The maximum Gasteiger partial charge on any atom is 0.251 e. The van der Waals surface area contributed by atoms with Gasteiger partial charge in [0.2, 0.25) is 5.91 Å². The smallest absolute Gasteiger partial charge is 0.251 e. The molecule has 0 saturated carbocycles. The average molecular weight is 354 g/mol. The fraction of sp³-hybridized carbons (Fsp3) is 0.300. The first-order valence-electron chi connectivity index (χ1n) is 8.52. The van der Waals surface area contributed by atoms with Gasteiger partial charge in [-0.2, -0.15) is 0 Å². The third-order valence-electron chi connectivity index (χ3n) is 4.45. The largest absolute Gasteiger partial charge is 0.497 e. The van der Waals surface area contributed by atoms with Gasteiger partial charge in [-0.1, -0.05) is 0 Å². The number of rotatable bonds is 6. The lowest BCUT2D eigenvalue weighted by molar-refractivity contribution is -0.117. The van der Waals surface area contributed by atoms with E-state index >= 15 is 0 Å². The Hall–Kier alpha value is -3.02. The molecule has 136 valence electrons. The van der Waals surface area contributed by atoms with Gasteiger partial charge >= 0.3 is 0 Å². The van der Waals surface area contributed by atoms with Crippen molar-refractivity contribution in [3.05, 3.63) is 53.6 Å². The molecule has 2 aromatic rings. The van der Waals surface area contributed by atoms with Gasteiger partial charge in [0.25, 0.3) is 5.91 Å². The molecular weight excluding hydrogens is 332 g/mol. The van der Waals surface area contributed by atoms with Crippen LogP contribution < -0.4 is 19.7 Å². The predicted octanol–water partition coefficient (Wildman–Crippen LogP) is 2.76. The number of methoxy groups -OCH3 is 2. The Bertz CT molecular complexity index is 802. The summed E-state index contributed by atoms with van der Waals surface area (Å²) in [7, 11) is 3.17. The van der Waals surface area contributed by atoms with Crippen LogP contribution in [0.2, 0.25) is 0 Å². The Morgan fingerprint density at radius 3 is 2.50 bits per heavy atom. The number of ether oxygens (including phenoxy) is 2. The number of nitrogens with one attached hydrogen (secondary N) is 1. The molecule has 3 rings (SSSR count). The Morgan fingerprint density at radius 1 is 1.12 bits per heavy atom. The number of benzene rings is 2. The molecule has 1 saturated heterocycles. The summed E-state index contributed by atoms with van der Waals surface area (Å²) in [4.78, 5) is 25.9. The van der Waals surface area contributed by atoms with E-state index in [1.165, 1.54) is 0 Å². The Kier molecular flexibility index (Phi) is 5.41. The summed E-state index contributed by atoms with van der Waals surface area (Å²) in [5, 5.41) is 2.88. The van der Waals surface area contributed by atoms with Crippen molar-refractivity contribution in [2.45, 2.75) is 19.4 Å². The van der Waals surface area contributed by atoms with Crippen LogP contribution in [0.15, 0.2) is 42.5 Å². The maximum absolute atomic E-state index is 12.4. The number of anilines is 1. The van der Waals surface area contributed by atoms with Gasteiger partial charge in [0.05, 0.1) is 14.2 Å². The number of carbonyl (C=O) groups is 2. The van der Waals surface area contributed by atoms with Crippen LogP contribution in [-0.2, 0) is 11.3 Å². The van der Waals surface area contributed by atoms with Crippen molar-refractivity contribution >= 4 is 17.5 Å². The van der Waals surface area contributed by atoms with Gasteiger partial charge in [0.1, 0.15) is 11.5 Å². The second-order valence-corrected chi connectivity index (χ2v) is 6.06. The van der Waals surface area contributed by atoms with E-state index in [0.29, 0.717) is 30.0 Å². The first-order chi connectivity index (χ1) is 12.6. The summed E-state index contributed by atoms with van der Waals surface area (Å²) >= 11 is 0. The van der Waals surface area contributed by atoms with Gasteiger partial charge in [-0.05, 0) is 42.8 Å². The van der Waals surface area contributed by atoms with Gasteiger partial charge in [-0.15, -0.1) is 0 Å². The van der Waals surface area contributed by atoms with E-state index in [-0.39, 0.29) is 11.8 Å². The van der Waals surface area contributed by atoms with Crippen LogP contribution in [0.25, 0.3) is 0 Å². The first-order valence-corrected chi connectivity index (χ1v) is 8.52. The van der Waals surface area contributed by atoms with Crippen LogP contribution in [0, 0.1) is 0 Å². The van der Waals surface area contributed by atoms with E-state index in [4.69, 9.17) is 9.47 Å². The summed E-state index contributed by atoms with van der Waals surface area (Å²) in [6.45, 7) is 1.08. The summed E-state index contributed by atoms with van der Waals surface area (Å²) in [5.41, 5.74) is 2.25. The van der Waals surface area contributed by atoms with E-state index in [9.17, 15) is 9.59 Å². The van der Waals surface area contributed by atoms with Crippen molar-refractivity contribution in [2.24, 2.45) is 0 Å². The van der Waals surface area contributed by atoms with E-state index in [1.54, 1.807) is 37.3 Å². The quantitative estimate of drug-likeness (QED) is 0.866. The van der Waals surface area contributed by atoms with Gasteiger partial charge in [-0.25, -0.2) is 0 Å². The molecule has 0 radical (unpaired) electrons. The third kappa shape index (κ3) is 3.79. The lowest BCUT2D eigenvalue weighted by Crippen LogP contribution is -2.25. The van der Waals surface area contributed by atoms with E-state index in [1.807, 2.05) is 24.3 Å². The fourth-order valence-electron chi connectivity index (χ4n) is 2.99. The minimum absolute atomic E-state index is 0.133. The molecule has 0 aliphatic carbocycles. The van der Waals surface area contributed by atoms with Crippen LogP contribution in [-0.4, -0.2) is 32.6 Å². The Balaban J connectivity index is 1.64. The van der Waals surface area contributed by atoms with Crippen LogP contribution >= 0.6 is 0 Å². The van der Waals surface area contributed by atoms with Gasteiger partial charge < -0.3 is 19.7 Å². The molecule has 1 aliphatic rings. The highest BCUT2D eigenvalue weighted by molar-refractivity contribution is 5.97. The standard InChI is InChI=1S/C20H22N2O4/c1-25-17-10-7-15(18(12-17)26-2)13-21-20(24)14-5-8-16(9-6-14)22-11-3-4-19(22)23/h5-10,12H,3-4,11,13H2,1-2H3,(H,21,24). The first kappa shape index (κ1) is 17.8. The molecule has 0 atom stereocenters. The van der Waals surface area contributed by atoms with Crippen LogP contribution in [0.5, 0.6) is 11.5 Å². The van der Waals surface area contributed by atoms with E-state index in [0.717, 1.165) is 24.2 Å². The normalized spacial score (nSPS) is 13.6. The minimum atomic E-state index is -0.179. The highest BCUT2D eigenvalue weighted by Crippen LogP contribution is 2.25. The van der Waals surface area contributed by atoms with Gasteiger partial charge in [0, 0.05) is 42.4 Å². The lowest BCUT2D eigenvalue weighted by Gasteiger charge is -2.16. The molecule has 1 N–H and O–H groups in total. The number of carbonyl (C=O) groups excluding carboxylic acids is 2. The highest BCUT2D eigenvalue weighted by Gasteiger charge is 2.21. The van der Waals surface area contributed by atoms with Crippen molar-refractivity contribution in [2.75, 3.05) is 25.7 Å². The zero-order valence-corrected chi connectivity index (χ0v) is 15.0. The second kappa shape index (κ2) is 7.91. The number of amides is 2. The number of hydrogen-bond donors (Lipinski definition) is 1. The zero-order chi connectivity index (χ0) is 18.5. The van der Waals surface area contributed by atoms with Crippen molar-refractivity contribution in [3.8, 4) is 11.5 Å². The third-order valence-corrected chi connectivity index (χ3v) is 4.45. The number of nitrogens with zero attached hydrogens (tertiary/aromatic N) is 1. The zero-order valence-electron chi connectivity index (χ0n) is 15.0. The summed E-state index contributed by atoms with van der Waals surface area (Å²) in [6.07, 6.45) is 1.47. The molecule has 0 spiro atoms. The van der Waals surface area contributed by atoms with Gasteiger partial charge in [-0.3, -0.25) is 9.59 Å². The van der Waals surface area contributed by atoms with Crippen LogP contribution in [0.1, 0.15) is 28.8 Å². The molecule has 6 nitrogen and oxygen atoms in total. The average Bonchev–Trinajstić information content (AvgIpc) is 3.12. The molecule has 1 aliphatic heterocycles. The minimum Gasteiger partial charge on any atom is -0.497 e. The van der Waals surface area contributed by atoms with Crippen molar-refractivity contribution in [1.82, 2.24) is 5.32 Å². The summed E-state index contributed by atoms with van der Waals surface area (Å²) in [5.74, 6) is 1.31. The molecule has 6 heteroatoms. The second-order valence-electron chi connectivity index (χ2n) is 6.06. The topological polar surface area (TPSA) is 67.9 Å². The van der Waals surface area contributed by atoms with Gasteiger partial charge in [0.15, 0.2) is 0 Å². The van der Waals surface area contributed by atoms with Crippen molar-refractivity contribution in [3.63, 3.8) is 0 Å². The monoisotopic (exact) mass is 354 g/mol. The molecule has 1 heterocycles. The predicted molar refractivity (Wildman–Crippen MR) is 98.7 cm³/mol. The molecule has 2 aromatic carbocycles. The SMILES string of the molecule is COc1ccc(CNC(=O)c2ccc(N3CCCC3=O)cc2)c(OC)c1. The fourth-order valence-corrected chi connectivity index (χ4v) is 2.99. The Morgan fingerprint density at radius 2 is 1.88 bits per heavy atom. The highest BCUT2D eigenvalue weighted by atomic mass is 16.5. The molecule has 0 aromatic heterocycles. The number of hydrogen-bond acceptors (Lipinski definition) is 4. The van der Waals surface area contributed by atoms with Crippen LogP contribution in [0.4, 0.5) is 5.69 Å². The van der Waals surface area contributed by atoms with Crippen molar-refractivity contribution in [1.29, 1.82) is 0 Å². The summed E-state index contributed by atoms with van der Waals surface area (Å²) in [6, 6.07) is 12.6. The molecular formula is C20H22N2O4. The molecule has 0 bridgehead atoms. The molecule has 0 unspecified atom stereocenters. The van der Waals surface area contributed by atoms with Crippen molar-refractivity contribution < 1.29 is 19.1 Å². The van der Waals surface area contributed by atoms with E-state index < -0.39 is 0 Å². The van der Waals surface area contributed by atoms with Crippen LogP contribution in [0.3, 0.4) is 0 Å². The lowest BCUT2D eigenvalue weighted by atomic mass is 10.1. The van der Waals surface area contributed by atoms with E-state index in [2.05, 4.69) is 5.32 Å². The Labute approximate surface area is 152 Å². The maximum atomic E-state index is 12.4.